The van der Waals surface area contributed by atoms with Gasteiger partial charge < -0.3 is 10.2 Å². The number of hydrogen-bond acceptors (Lipinski definition) is 4. The van der Waals surface area contributed by atoms with E-state index in [0.29, 0.717) is 33.3 Å². The predicted octanol–water partition coefficient (Wildman–Crippen LogP) is 6.14. The normalized spacial score (nSPS) is 12.9. The number of para-hydroxylation sites is 1. The summed E-state index contributed by atoms with van der Waals surface area (Å²) < 4.78 is 29.0. The van der Waals surface area contributed by atoms with Gasteiger partial charge in [-0.15, -0.1) is 0 Å². The molecule has 0 bridgehead atoms. The Balaban J connectivity index is 2.06. The lowest BCUT2D eigenvalue weighted by atomic mass is 10.1. The van der Waals surface area contributed by atoms with Gasteiger partial charge in [0.05, 0.1) is 10.6 Å². The molecule has 10 heteroatoms. The average molecular weight is 605 g/mol. The minimum absolute atomic E-state index is 0.0177. The molecule has 7 nitrogen and oxygen atoms in total. The van der Waals surface area contributed by atoms with Crippen LogP contribution in [0.5, 0.6) is 0 Å². The smallest absolute Gasteiger partial charge is 0.264 e. The van der Waals surface area contributed by atoms with Gasteiger partial charge in [0, 0.05) is 22.6 Å². The summed E-state index contributed by atoms with van der Waals surface area (Å²) in [5.74, 6) is -0.909. The van der Waals surface area contributed by atoms with Crippen molar-refractivity contribution in [3.05, 3.63) is 93.5 Å². The molecule has 0 aliphatic heterocycles. The molecular weight excluding hydrogens is 569 g/mol. The van der Waals surface area contributed by atoms with Gasteiger partial charge in [0.1, 0.15) is 12.6 Å². The Kier molecular flexibility index (Phi) is 10.6. The van der Waals surface area contributed by atoms with Crippen LogP contribution in [0.3, 0.4) is 0 Å². The lowest BCUT2D eigenvalue weighted by molar-refractivity contribution is -0.139. The van der Waals surface area contributed by atoms with Crippen LogP contribution in [0.4, 0.5) is 5.69 Å². The Labute approximate surface area is 247 Å². The molecule has 0 aromatic heterocycles. The van der Waals surface area contributed by atoms with Crippen LogP contribution in [0.15, 0.2) is 71.6 Å². The zero-order valence-corrected chi connectivity index (χ0v) is 25.6. The molecule has 0 aliphatic rings. The van der Waals surface area contributed by atoms with Crippen LogP contribution in [-0.2, 0) is 26.2 Å². The molecule has 3 rings (SSSR count). The van der Waals surface area contributed by atoms with Crippen molar-refractivity contribution in [3.63, 3.8) is 0 Å². The van der Waals surface area contributed by atoms with Gasteiger partial charge in [-0.3, -0.25) is 13.9 Å². The van der Waals surface area contributed by atoms with Crippen molar-refractivity contribution in [2.75, 3.05) is 10.8 Å². The van der Waals surface area contributed by atoms with E-state index in [0.717, 1.165) is 9.87 Å². The Morgan fingerprint density at radius 3 is 2.20 bits per heavy atom. The number of nitrogens with zero attached hydrogens (tertiary/aromatic N) is 2. The highest BCUT2D eigenvalue weighted by Gasteiger charge is 2.33. The van der Waals surface area contributed by atoms with E-state index >= 15 is 0 Å². The van der Waals surface area contributed by atoms with Gasteiger partial charge in [-0.25, -0.2) is 8.42 Å². The highest BCUT2D eigenvalue weighted by atomic mass is 35.5. The van der Waals surface area contributed by atoms with E-state index in [2.05, 4.69) is 5.32 Å². The summed E-state index contributed by atoms with van der Waals surface area (Å²) in [7, 11) is -4.14. The second kappa shape index (κ2) is 13.5. The Bertz CT molecular complexity index is 1460. The summed E-state index contributed by atoms with van der Waals surface area (Å²) in [6.07, 6.45) is 0.714. The first-order chi connectivity index (χ1) is 18.8. The van der Waals surface area contributed by atoms with Gasteiger partial charge in [0.25, 0.3) is 10.0 Å². The van der Waals surface area contributed by atoms with Crippen molar-refractivity contribution >= 4 is 50.7 Å². The highest BCUT2D eigenvalue weighted by molar-refractivity contribution is 7.92. The first-order valence-electron chi connectivity index (χ1n) is 13.0. The van der Waals surface area contributed by atoms with Crippen LogP contribution in [0.2, 0.25) is 10.0 Å². The van der Waals surface area contributed by atoms with Crippen LogP contribution in [0, 0.1) is 13.8 Å². The monoisotopic (exact) mass is 603 g/mol. The molecule has 2 atom stereocenters. The highest BCUT2D eigenvalue weighted by Crippen LogP contribution is 2.28. The number of amides is 2. The van der Waals surface area contributed by atoms with Crippen LogP contribution in [-0.4, -0.2) is 43.8 Å². The molecule has 3 aromatic rings. The third-order valence-electron chi connectivity index (χ3n) is 6.80. The standard InChI is InChI=1S/C30H35Cl2N3O4S/c1-6-22(4)33-30(37)23(5)34(18-24-13-14-25(31)17-27(24)32)29(36)19-35(28-10-8-7-9-21(28)3)40(38,39)26-15-11-20(2)12-16-26/h7-17,22-23H,6,18-19H2,1-5H3,(H,33,37)/t22-,23+/m1/s1. The number of benzene rings is 3. The molecule has 0 spiro atoms. The van der Waals surface area contributed by atoms with Gasteiger partial charge in [0.15, 0.2) is 0 Å². The maximum atomic E-state index is 14.0. The Morgan fingerprint density at radius 2 is 1.60 bits per heavy atom. The quantitative estimate of drug-likeness (QED) is 0.285. The number of halogens is 2. The van der Waals surface area contributed by atoms with Crippen LogP contribution in [0.1, 0.15) is 43.9 Å². The Morgan fingerprint density at radius 1 is 0.950 bits per heavy atom. The summed E-state index contributed by atoms with van der Waals surface area (Å²) >= 11 is 12.5. The number of carbonyl (C=O) groups excluding carboxylic acids is 2. The first-order valence-corrected chi connectivity index (χ1v) is 15.2. The van der Waals surface area contributed by atoms with Crippen molar-refractivity contribution in [1.82, 2.24) is 10.2 Å². The SMILES string of the molecule is CC[C@@H](C)NC(=O)[C@H](C)N(Cc1ccc(Cl)cc1Cl)C(=O)CN(c1ccccc1C)S(=O)(=O)c1ccc(C)cc1. The molecule has 0 saturated heterocycles. The summed E-state index contributed by atoms with van der Waals surface area (Å²) in [5, 5.41) is 3.68. The van der Waals surface area contributed by atoms with Gasteiger partial charge in [-0.05, 0) is 75.6 Å². The van der Waals surface area contributed by atoms with Crippen molar-refractivity contribution < 1.29 is 18.0 Å². The molecular formula is C30H35Cl2N3O4S. The lowest BCUT2D eigenvalue weighted by Crippen LogP contribution is -2.52. The molecule has 0 radical (unpaired) electrons. The van der Waals surface area contributed by atoms with E-state index < -0.39 is 28.5 Å². The second-order valence-corrected chi connectivity index (χ2v) is 12.6. The minimum Gasteiger partial charge on any atom is -0.352 e. The van der Waals surface area contributed by atoms with Crippen LogP contribution < -0.4 is 9.62 Å². The maximum Gasteiger partial charge on any atom is 0.264 e. The fourth-order valence-electron chi connectivity index (χ4n) is 4.08. The van der Waals surface area contributed by atoms with Crippen molar-refractivity contribution in [3.8, 4) is 0 Å². The zero-order valence-electron chi connectivity index (χ0n) is 23.3. The molecule has 0 unspecified atom stereocenters. The fraction of sp³-hybridized carbons (Fsp3) is 0.333. The van der Waals surface area contributed by atoms with E-state index in [1.807, 2.05) is 20.8 Å². The molecule has 0 heterocycles. The number of carbonyl (C=O) groups is 2. The van der Waals surface area contributed by atoms with Crippen molar-refractivity contribution in [1.29, 1.82) is 0 Å². The molecule has 1 N–H and O–H groups in total. The molecule has 2 amide bonds. The molecule has 40 heavy (non-hydrogen) atoms. The lowest BCUT2D eigenvalue weighted by Gasteiger charge is -2.33. The van der Waals surface area contributed by atoms with E-state index in [1.165, 1.54) is 17.0 Å². The number of hydrogen-bond donors (Lipinski definition) is 1. The topological polar surface area (TPSA) is 86.8 Å². The van der Waals surface area contributed by atoms with Gasteiger partial charge >= 0.3 is 0 Å². The van der Waals surface area contributed by atoms with Crippen LogP contribution in [0.25, 0.3) is 0 Å². The largest absolute Gasteiger partial charge is 0.352 e. The number of rotatable bonds is 11. The van der Waals surface area contributed by atoms with Gasteiger partial charge in [-0.1, -0.05) is 72.1 Å². The maximum absolute atomic E-state index is 14.0. The minimum atomic E-state index is -4.14. The summed E-state index contributed by atoms with van der Waals surface area (Å²) in [6, 6.07) is 17.3. The van der Waals surface area contributed by atoms with Gasteiger partial charge in [-0.2, -0.15) is 0 Å². The predicted molar refractivity (Wildman–Crippen MR) is 161 cm³/mol. The number of anilines is 1. The number of sulfonamides is 1. The summed E-state index contributed by atoms with van der Waals surface area (Å²) in [5.41, 5.74) is 2.54. The van der Waals surface area contributed by atoms with Gasteiger partial charge in [0.2, 0.25) is 11.8 Å². The molecule has 3 aromatic carbocycles. The van der Waals surface area contributed by atoms with Crippen molar-refractivity contribution in [2.45, 2.75) is 64.6 Å². The third-order valence-corrected chi connectivity index (χ3v) is 9.16. The number of nitrogens with one attached hydrogen (secondary N) is 1. The van der Waals surface area contributed by atoms with E-state index in [1.54, 1.807) is 68.4 Å². The summed E-state index contributed by atoms with van der Waals surface area (Å²) in [4.78, 5) is 28.6. The molecule has 214 valence electrons. The molecule has 0 aliphatic carbocycles. The molecule has 0 fully saturated rings. The fourth-order valence-corrected chi connectivity index (χ4v) is 6.02. The van der Waals surface area contributed by atoms with Crippen LogP contribution >= 0.6 is 23.2 Å². The molecule has 0 saturated carbocycles. The third kappa shape index (κ3) is 7.56. The Hall–Kier alpha value is -3.07. The first kappa shape index (κ1) is 31.5. The van der Waals surface area contributed by atoms with E-state index in [-0.39, 0.29) is 23.4 Å². The van der Waals surface area contributed by atoms with E-state index in [9.17, 15) is 18.0 Å². The second-order valence-electron chi connectivity index (χ2n) is 9.86. The van der Waals surface area contributed by atoms with E-state index in [4.69, 9.17) is 23.2 Å². The zero-order chi connectivity index (χ0) is 29.6. The summed E-state index contributed by atoms with van der Waals surface area (Å²) in [6.45, 7) is 8.55. The van der Waals surface area contributed by atoms with Crippen molar-refractivity contribution in [2.24, 2.45) is 0 Å². The number of aryl methyl sites for hydroxylation is 2. The average Bonchev–Trinajstić information content (AvgIpc) is 2.91.